The van der Waals surface area contributed by atoms with Crippen molar-refractivity contribution in [3.8, 4) is 0 Å². The predicted molar refractivity (Wildman–Crippen MR) is 91.4 cm³/mol. The molecule has 4 nitrogen and oxygen atoms in total. The van der Waals surface area contributed by atoms with E-state index in [1.165, 1.54) is 12.1 Å². The second-order valence-electron chi connectivity index (χ2n) is 6.05. The van der Waals surface area contributed by atoms with Gasteiger partial charge in [0, 0.05) is 31.4 Å². The van der Waals surface area contributed by atoms with E-state index in [0.717, 1.165) is 17.0 Å². The molecule has 1 aliphatic rings. The number of fused-ring (bicyclic) bond motifs is 1. The maximum absolute atomic E-state index is 13.0. The number of rotatable bonds is 2. The largest absolute Gasteiger partial charge is 0.416 e. The molecule has 1 aliphatic heterocycles. The molecule has 2 aromatic rings. The van der Waals surface area contributed by atoms with E-state index in [1.807, 2.05) is 0 Å². The highest BCUT2D eigenvalue weighted by molar-refractivity contribution is 6.41. The normalized spacial score (nSPS) is 16.0. The van der Waals surface area contributed by atoms with Gasteiger partial charge in [-0.25, -0.2) is 4.90 Å². The maximum Gasteiger partial charge on any atom is 0.416 e. The van der Waals surface area contributed by atoms with Crippen LogP contribution in [0.5, 0.6) is 0 Å². The number of amides is 2. The third-order valence-corrected chi connectivity index (χ3v) is 3.90. The van der Waals surface area contributed by atoms with Crippen molar-refractivity contribution in [2.24, 2.45) is 0 Å². The quantitative estimate of drug-likeness (QED) is 0.604. The number of alkyl halides is 3. The number of imide groups is 1. The van der Waals surface area contributed by atoms with Gasteiger partial charge < -0.3 is 4.90 Å². The molecule has 26 heavy (non-hydrogen) atoms. The summed E-state index contributed by atoms with van der Waals surface area (Å²) in [6.07, 6.45) is -3.02. The van der Waals surface area contributed by atoms with Gasteiger partial charge in [0.2, 0.25) is 0 Å². The molecule has 0 saturated carbocycles. The standard InChI is InChI=1S/C19H15F3N2O2/c1-23(2)11-16-14-8-3-4-9-15(14)17(25)24(18(16)26)13-7-5-6-12(10-13)19(20,21)22/h3-11H,1-2H3/b16-11+. The van der Waals surface area contributed by atoms with E-state index in [4.69, 9.17) is 0 Å². The maximum atomic E-state index is 13.0. The van der Waals surface area contributed by atoms with Gasteiger partial charge in [0.15, 0.2) is 0 Å². The zero-order chi connectivity index (χ0) is 19.1. The van der Waals surface area contributed by atoms with Gasteiger partial charge in [-0.15, -0.1) is 0 Å². The first kappa shape index (κ1) is 17.7. The van der Waals surface area contributed by atoms with Crippen LogP contribution in [0.2, 0.25) is 0 Å². The van der Waals surface area contributed by atoms with Crippen LogP contribution in [-0.2, 0) is 11.0 Å². The number of hydrogen-bond donors (Lipinski definition) is 0. The third-order valence-electron chi connectivity index (χ3n) is 3.90. The Bertz CT molecular complexity index is 917. The zero-order valence-electron chi connectivity index (χ0n) is 14.0. The Morgan fingerprint density at radius 1 is 0.923 bits per heavy atom. The molecule has 1 heterocycles. The minimum atomic E-state index is -4.57. The lowest BCUT2D eigenvalue weighted by Crippen LogP contribution is -2.42. The van der Waals surface area contributed by atoms with Crippen LogP contribution in [0.25, 0.3) is 5.57 Å². The van der Waals surface area contributed by atoms with Crippen molar-refractivity contribution < 1.29 is 22.8 Å². The lowest BCUT2D eigenvalue weighted by molar-refractivity contribution is -0.137. The molecule has 0 aromatic heterocycles. The predicted octanol–water partition coefficient (Wildman–Crippen LogP) is 3.79. The molecule has 0 radical (unpaired) electrons. The Kier molecular flexibility index (Phi) is 4.31. The van der Waals surface area contributed by atoms with Crippen molar-refractivity contribution in [3.05, 3.63) is 71.4 Å². The summed E-state index contributed by atoms with van der Waals surface area (Å²) >= 11 is 0. The van der Waals surface area contributed by atoms with Crippen LogP contribution in [0, 0.1) is 0 Å². The minimum Gasteiger partial charge on any atom is -0.383 e. The molecule has 0 N–H and O–H groups in total. The molecule has 0 fully saturated rings. The van der Waals surface area contributed by atoms with Gasteiger partial charge in [-0.05, 0) is 24.3 Å². The molecule has 2 amide bonds. The van der Waals surface area contributed by atoms with Crippen LogP contribution in [0.1, 0.15) is 21.5 Å². The average Bonchev–Trinajstić information content (AvgIpc) is 2.58. The lowest BCUT2D eigenvalue weighted by Gasteiger charge is -2.29. The van der Waals surface area contributed by atoms with Crippen LogP contribution in [-0.4, -0.2) is 30.8 Å². The smallest absolute Gasteiger partial charge is 0.383 e. The molecule has 0 spiro atoms. The van der Waals surface area contributed by atoms with Crippen molar-refractivity contribution in [1.29, 1.82) is 0 Å². The number of carbonyl (C=O) groups is 2. The number of benzene rings is 2. The summed E-state index contributed by atoms with van der Waals surface area (Å²) in [6.45, 7) is 0. The first-order valence-corrected chi connectivity index (χ1v) is 7.74. The molecular formula is C19H15F3N2O2. The van der Waals surface area contributed by atoms with Gasteiger partial charge in [-0.3, -0.25) is 9.59 Å². The second kappa shape index (κ2) is 6.33. The van der Waals surface area contributed by atoms with E-state index in [1.54, 1.807) is 49.5 Å². The summed E-state index contributed by atoms with van der Waals surface area (Å²) in [7, 11) is 3.43. The fourth-order valence-electron chi connectivity index (χ4n) is 2.79. The van der Waals surface area contributed by atoms with Gasteiger partial charge in [0.05, 0.1) is 16.8 Å². The summed E-state index contributed by atoms with van der Waals surface area (Å²) in [5.41, 5.74) is -0.0822. The van der Waals surface area contributed by atoms with Gasteiger partial charge in [0.25, 0.3) is 11.8 Å². The molecule has 0 bridgehead atoms. The van der Waals surface area contributed by atoms with Gasteiger partial charge >= 0.3 is 6.18 Å². The first-order chi connectivity index (χ1) is 12.2. The monoisotopic (exact) mass is 360 g/mol. The highest BCUT2D eigenvalue weighted by atomic mass is 19.4. The highest BCUT2D eigenvalue weighted by Gasteiger charge is 2.37. The summed E-state index contributed by atoms with van der Waals surface area (Å²) < 4.78 is 39.0. The van der Waals surface area contributed by atoms with E-state index >= 15 is 0 Å². The number of hydrogen-bond acceptors (Lipinski definition) is 3. The van der Waals surface area contributed by atoms with Gasteiger partial charge in [-0.2, -0.15) is 13.2 Å². The Morgan fingerprint density at radius 2 is 1.58 bits per heavy atom. The minimum absolute atomic E-state index is 0.117. The van der Waals surface area contributed by atoms with Crippen LogP contribution in [0.4, 0.5) is 18.9 Å². The molecular weight excluding hydrogens is 345 g/mol. The molecule has 0 aliphatic carbocycles. The highest BCUT2D eigenvalue weighted by Crippen LogP contribution is 2.35. The Balaban J connectivity index is 2.18. The first-order valence-electron chi connectivity index (χ1n) is 7.74. The molecule has 7 heteroatoms. The second-order valence-corrected chi connectivity index (χ2v) is 6.05. The zero-order valence-corrected chi connectivity index (χ0v) is 14.0. The molecule has 3 rings (SSSR count). The van der Waals surface area contributed by atoms with Crippen LogP contribution >= 0.6 is 0 Å². The third kappa shape index (κ3) is 3.08. The average molecular weight is 360 g/mol. The molecule has 0 atom stereocenters. The van der Waals surface area contributed by atoms with E-state index in [2.05, 4.69) is 0 Å². The van der Waals surface area contributed by atoms with Crippen molar-refractivity contribution in [2.75, 3.05) is 19.0 Å². The van der Waals surface area contributed by atoms with E-state index in [-0.39, 0.29) is 16.8 Å². The Labute approximate surface area is 148 Å². The molecule has 134 valence electrons. The fraction of sp³-hybridized carbons (Fsp3) is 0.158. The number of carbonyl (C=O) groups excluding carboxylic acids is 2. The lowest BCUT2D eigenvalue weighted by atomic mass is 9.93. The Morgan fingerprint density at radius 3 is 2.19 bits per heavy atom. The van der Waals surface area contributed by atoms with Crippen LogP contribution in [0.15, 0.2) is 54.7 Å². The van der Waals surface area contributed by atoms with Crippen molar-refractivity contribution in [3.63, 3.8) is 0 Å². The fourth-order valence-corrected chi connectivity index (χ4v) is 2.79. The molecule has 0 saturated heterocycles. The van der Waals surface area contributed by atoms with Crippen molar-refractivity contribution >= 4 is 23.1 Å². The van der Waals surface area contributed by atoms with E-state index in [9.17, 15) is 22.8 Å². The van der Waals surface area contributed by atoms with Gasteiger partial charge in [0.1, 0.15) is 0 Å². The summed E-state index contributed by atoms with van der Waals surface area (Å²) in [6, 6.07) is 10.7. The van der Waals surface area contributed by atoms with Crippen LogP contribution < -0.4 is 4.90 Å². The van der Waals surface area contributed by atoms with Crippen LogP contribution in [0.3, 0.4) is 0 Å². The van der Waals surface area contributed by atoms with Crippen molar-refractivity contribution in [2.45, 2.75) is 6.18 Å². The number of halogens is 3. The van der Waals surface area contributed by atoms with Crippen molar-refractivity contribution in [1.82, 2.24) is 4.90 Å². The number of anilines is 1. The summed E-state index contributed by atoms with van der Waals surface area (Å²) in [5.74, 6) is -1.32. The SMILES string of the molecule is CN(C)/C=C1/C(=O)N(c2cccc(C(F)(F)F)c2)C(=O)c2ccccc21. The molecule has 2 aromatic carbocycles. The summed E-state index contributed by atoms with van der Waals surface area (Å²) in [4.78, 5) is 28.2. The Hall–Kier alpha value is -3.09. The molecule has 0 unspecified atom stereocenters. The topological polar surface area (TPSA) is 40.6 Å². The van der Waals surface area contributed by atoms with E-state index in [0.29, 0.717) is 5.56 Å². The van der Waals surface area contributed by atoms with E-state index < -0.39 is 23.6 Å². The number of nitrogens with zero attached hydrogens (tertiary/aromatic N) is 2. The summed E-state index contributed by atoms with van der Waals surface area (Å²) in [5, 5.41) is 0. The van der Waals surface area contributed by atoms with Gasteiger partial charge in [-0.1, -0.05) is 24.3 Å².